The van der Waals surface area contributed by atoms with Crippen molar-refractivity contribution < 1.29 is 29.1 Å². The number of aromatic nitrogens is 2. The van der Waals surface area contributed by atoms with Gasteiger partial charge in [0, 0.05) is 18.8 Å². The minimum Gasteiger partial charge on any atom is -0.480 e. The van der Waals surface area contributed by atoms with Crippen molar-refractivity contribution in [2.75, 3.05) is 12.3 Å². The van der Waals surface area contributed by atoms with Crippen LogP contribution in [0.15, 0.2) is 18.6 Å². The Hall–Kier alpha value is -3.22. The van der Waals surface area contributed by atoms with Crippen LogP contribution in [-0.4, -0.2) is 84.9 Å². The van der Waals surface area contributed by atoms with E-state index in [0.29, 0.717) is 0 Å². The maximum absolute atomic E-state index is 13.9. The first-order valence-electron chi connectivity index (χ1n) is 13.3. The molecule has 0 bridgehead atoms. The van der Waals surface area contributed by atoms with Crippen LogP contribution in [0.1, 0.15) is 69.8 Å². The number of carbonyl (C=O) groups is 5. The highest BCUT2D eigenvalue weighted by atomic mass is 32.2. The molecule has 0 aromatic carbocycles. The Morgan fingerprint density at radius 1 is 1.15 bits per heavy atom. The number of amides is 4. The molecule has 39 heavy (non-hydrogen) atoms. The van der Waals surface area contributed by atoms with Gasteiger partial charge in [0.1, 0.15) is 28.7 Å². The minimum atomic E-state index is -1.17. The molecule has 1 aromatic heterocycles. The van der Waals surface area contributed by atoms with Crippen LogP contribution in [0.4, 0.5) is 0 Å². The van der Waals surface area contributed by atoms with Crippen molar-refractivity contribution in [1.29, 1.82) is 0 Å². The first kappa shape index (κ1) is 28.8. The predicted molar refractivity (Wildman–Crippen MR) is 142 cm³/mol. The van der Waals surface area contributed by atoms with Gasteiger partial charge in [-0.05, 0) is 24.2 Å². The summed E-state index contributed by atoms with van der Waals surface area (Å²) in [5, 5.41) is 18.4. The standard InChI is InChI=1S/C26H36N6O6S/c1-25(2,3)20(23(36)32-14-26(11-17(32)24(37)38)31-18(33)13-39-26)30-22(35)19(15-7-5-4-6-8-15)29-21(34)16-12-27-9-10-28-16/h9-10,12,15,17,19-20H,4-8,11,13-14H2,1-3H3,(H,29,34)(H,30,35)(H,31,33)(H,37,38)/t17-,19-,20?,26?/m0/s1. The number of carbonyl (C=O) groups excluding carboxylic acids is 4. The zero-order chi connectivity index (χ0) is 28.4. The van der Waals surface area contributed by atoms with Gasteiger partial charge >= 0.3 is 5.97 Å². The SMILES string of the molecule is CC(C)(C)C(NC(=O)[C@@H](NC(=O)c1cnccn1)C1CCCCC1)C(=O)N1CC2(C[C@H]1C(=O)O)NC(=O)CS2. The number of nitrogens with zero attached hydrogens (tertiary/aromatic N) is 3. The van der Waals surface area contributed by atoms with Gasteiger partial charge in [-0.25, -0.2) is 9.78 Å². The van der Waals surface area contributed by atoms with Gasteiger partial charge in [0.05, 0.1) is 18.5 Å². The highest BCUT2D eigenvalue weighted by Crippen LogP contribution is 2.41. The summed E-state index contributed by atoms with van der Waals surface area (Å²) in [5.74, 6) is -2.87. The highest BCUT2D eigenvalue weighted by Gasteiger charge is 2.54. The lowest BCUT2D eigenvalue weighted by Crippen LogP contribution is -2.61. The van der Waals surface area contributed by atoms with Gasteiger partial charge in [0.25, 0.3) is 5.91 Å². The Morgan fingerprint density at radius 2 is 1.87 bits per heavy atom. The van der Waals surface area contributed by atoms with E-state index >= 15 is 0 Å². The summed E-state index contributed by atoms with van der Waals surface area (Å²) in [6.45, 7) is 5.39. The Labute approximate surface area is 231 Å². The molecular formula is C26H36N6O6S. The number of carboxylic acid groups (broad SMARTS) is 1. The van der Waals surface area contributed by atoms with Crippen LogP contribution in [0, 0.1) is 11.3 Å². The van der Waals surface area contributed by atoms with Gasteiger partial charge in [-0.3, -0.25) is 24.2 Å². The number of carboxylic acids is 1. The third kappa shape index (κ3) is 6.51. The van der Waals surface area contributed by atoms with Gasteiger partial charge < -0.3 is 26.0 Å². The van der Waals surface area contributed by atoms with Gasteiger partial charge in [0.15, 0.2) is 0 Å². The van der Waals surface area contributed by atoms with Crippen molar-refractivity contribution in [3.05, 3.63) is 24.3 Å². The van der Waals surface area contributed by atoms with E-state index in [2.05, 4.69) is 25.9 Å². The smallest absolute Gasteiger partial charge is 0.326 e. The summed E-state index contributed by atoms with van der Waals surface area (Å²) in [6.07, 6.45) is 8.64. The number of hydrogen-bond donors (Lipinski definition) is 4. The van der Waals surface area contributed by atoms with E-state index < -0.39 is 52.1 Å². The van der Waals surface area contributed by atoms with Crippen LogP contribution in [-0.2, 0) is 19.2 Å². The number of hydrogen-bond acceptors (Lipinski definition) is 8. The lowest BCUT2D eigenvalue weighted by Gasteiger charge is -2.37. The average molecular weight is 561 g/mol. The number of likely N-dealkylation sites (tertiary alicyclic amines) is 1. The summed E-state index contributed by atoms with van der Waals surface area (Å²) in [7, 11) is 0. The van der Waals surface area contributed by atoms with Crippen molar-refractivity contribution in [3.63, 3.8) is 0 Å². The molecule has 4 amide bonds. The van der Waals surface area contributed by atoms with E-state index in [0.717, 1.165) is 32.1 Å². The van der Waals surface area contributed by atoms with Gasteiger partial charge in [0.2, 0.25) is 17.7 Å². The lowest BCUT2D eigenvalue weighted by atomic mass is 9.82. The fourth-order valence-electron chi connectivity index (χ4n) is 5.59. The first-order chi connectivity index (χ1) is 18.4. The molecule has 4 atom stereocenters. The molecule has 3 heterocycles. The van der Waals surface area contributed by atoms with Gasteiger partial charge in [-0.1, -0.05) is 40.0 Å². The Balaban J connectivity index is 1.57. The molecule has 2 unspecified atom stereocenters. The fraction of sp³-hybridized carbons (Fsp3) is 0.654. The summed E-state index contributed by atoms with van der Waals surface area (Å²) < 4.78 is 0. The largest absolute Gasteiger partial charge is 0.480 e. The molecule has 3 fully saturated rings. The van der Waals surface area contributed by atoms with Crippen molar-refractivity contribution in [2.24, 2.45) is 11.3 Å². The molecule has 212 valence electrons. The van der Waals surface area contributed by atoms with Gasteiger partial charge in [-0.2, -0.15) is 0 Å². The fourth-order valence-corrected chi connectivity index (χ4v) is 6.76. The molecule has 13 heteroatoms. The Kier molecular flexibility index (Phi) is 8.48. The maximum atomic E-state index is 13.9. The van der Waals surface area contributed by atoms with Crippen molar-refractivity contribution in [2.45, 2.75) is 82.3 Å². The molecule has 3 aliphatic rings. The second-order valence-electron chi connectivity index (χ2n) is 11.6. The topological polar surface area (TPSA) is 171 Å². The molecule has 0 radical (unpaired) electrons. The molecule has 2 aliphatic heterocycles. The average Bonchev–Trinajstić information content (AvgIpc) is 3.47. The van der Waals surface area contributed by atoms with Crippen molar-refractivity contribution in [1.82, 2.24) is 30.8 Å². The molecule has 1 spiro atoms. The molecule has 1 aliphatic carbocycles. The second-order valence-corrected chi connectivity index (χ2v) is 13.0. The van der Waals surface area contributed by atoms with E-state index in [4.69, 9.17) is 0 Å². The number of rotatable bonds is 7. The Bertz CT molecular complexity index is 1120. The van der Waals surface area contributed by atoms with Crippen LogP contribution < -0.4 is 16.0 Å². The molecule has 1 aromatic rings. The minimum absolute atomic E-state index is 0.0249. The number of aliphatic carboxylic acids is 1. The van der Waals surface area contributed by atoms with Crippen molar-refractivity contribution >= 4 is 41.4 Å². The summed E-state index contributed by atoms with van der Waals surface area (Å²) in [4.78, 5) is 73.1. The zero-order valence-corrected chi connectivity index (χ0v) is 23.3. The molecule has 2 saturated heterocycles. The Morgan fingerprint density at radius 3 is 2.44 bits per heavy atom. The molecule has 4 N–H and O–H groups in total. The van der Waals surface area contributed by atoms with E-state index in [-0.39, 0.29) is 36.2 Å². The van der Waals surface area contributed by atoms with E-state index in [1.54, 1.807) is 20.8 Å². The monoisotopic (exact) mass is 560 g/mol. The third-order valence-electron chi connectivity index (χ3n) is 7.63. The molecule has 1 saturated carbocycles. The normalized spacial score (nSPS) is 25.2. The van der Waals surface area contributed by atoms with Crippen LogP contribution in [0.25, 0.3) is 0 Å². The summed E-state index contributed by atoms with van der Waals surface area (Å²) in [6, 6.07) is -3.11. The molecule has 12 nitrogen and oxygen atoms in total. The van der Waals surface area contributed by atoms with Crippen LogP contribution in [0.2, 0.25) is 0 Å². The van der Waals surface area contributed by atoms with Crippen molar-refractivity contribution in [3.8, 4) is 0 Å². The number of thioether (sulfide) groups is 1. The van der Waals surface area contributed by atoms with Crippen LogP contribution >= 0.6 is 11.8 Å². The quantitative estimate of drug-likeness (QED) is 0.379. The maximum Gasteiger partial charge on any atom is 0.326 e. The first-order valence-corrected chi connectivity index (χ1v) is 14.2. The highest BCUT2D eigenvalue weighted by molar-refractivity contribution is 8.01. The summed E-state index contributed by atoms with van der Waals surface area (Å²) >= 11 is 1.30. The van der Waals surface area contributed by atoms with E-state index in [1.165, 1.54) is 35.3 Å². The van der Waals surface area contributed by atoms with Gasteiger partial charge in [-0.15, -0.1) is 11.8 Å². The van der Waals surface area contributed by atoms with E-state index in [1.807, 2.05) is 0 Å². The zero-order valence-electron chi connectivity index (χ0n) is 22.4. The second kappa shape index (κ2) is 11.5. The third-order valence-corrected chi connectivity index (χ3v) is 8.98. The van der Waals surface area contributed by atoms with Crippen LogP contribution in [0.5, 0.6) is 0 Å². The van der Waals surface area contributed by atoms with Crippen LogP contribution in [0.3, 0.4) is 0 Å². The van der Waals surface area contributed by atoms with E-state index in [9.17, 15) is 29.1 Å². The lowest BCUT2D eigenvalue weighted by molar-refractivity contribution is -0.151. The molecule has 4 rings (SSSR count). The number of nitrogens with one attached hydrogen (secondary N) is 3. The molecular weight excluding hydrogens is 524 g/mol. The summed E-state index contributed by atoms with van der Waals surface area (Å²) in [5.41, 5.74) is -0.693. The predicted octanol–water partition coefficient (Wildman–Crippen LogP) is 0.931.